The summed E-state index contributed by atoms with van der Waals surface area (Å²) in [5, 5.41) is 8.85. The van der Waals surface area contributed by atoms with E-state index in [0.717, 1.165) is 35.1 Å². The van der Waals surface area contributed by atoms with Gasteiger partial charge in [0, 0.05) is 5.56 Å². The Morgan fingerprint density at radius 1 is 1.43 bits per heavy atom. The Morgan fingerprint density at radius 3 is 2.87 bits per heavy atom. The Kier molecular flexibility index (Phi) is 6.18. The van der Waals surface area contributed by atoms with Gasteiger partial charge in [0.1, 0.15) is 16.6 Å². The topological polar surface area (TPSA) is 66.8 Å². The fraction of sp³-hybridized carbons (Fsp3) is 0.312. The van der Waals surface area contributed by atoms with Crippen molar-refractivity contribution in [3.05, 3.63) is 34.7 Å². The number of unbranched alkanes of at least 4 members (excludes halogenated alkanes) is 1. The lowest BCUT2D eigenvalue weighted by atomic mass is 10.2. The second-order valence-corrected chi connectivity index (χ2v) is 6.58. The molecule has 0 aliphatic carbocycles. The molecule has 0 bridgehead atoms. The molecule has 0 radical (unpaired) electrons. The van der Waals surface area contributed by atoms with Crippen molar-refractivity contribution >= 4 is 46.3 Å². The monoisotopic (exact) mass is 351 g/mol. The van der Waals surface area contributed by atoms with E-state index in [9.17, 15) is 9.59 Å². The molecule has 5 nitrogen and oxygen atoms in total. The van der Waals surface area contributed by atoms with Crippen LogP contribution < -0.4 is 4.74 Å². The Hall–Kier alpha value is -1.86. The lowest BCUT2D eigenvalue weighted by Crippen LogP contribution is -2.33. The minimum absolute atomic E-state index is 0.257. The summed E-state index contributed by atoms with van der Waals surface area (Å²) in [5.41, 5.74) is 0.777. The number of thiocarbonyl (C=S) groups is 1. The number of carboxylic acids is 1. The second kappa shape index (κ2) is 8.12. The molecule has 1 fully saturated rings. The van der Waals surface area contributed by atoms with E-state index < -0.39 is 12.5 Å². The van der Waals surface area contributed by atoms with Crippen molar-refractivity contribution in [2.24, 2.45) is 0 Å². The van der Waals surface area contributed by atoms with Gasteiger partial charge >= 0.3 is 5.97 Å². The molecule has 0 saturated carbocycles. The number of carbonyl (C=O) groups is 2. The molecule has 1 aliphatic heterocycles. The first-order chi connectivity index (χ1) is 11.0. The lowest BCUT2D eigenvalue weighted by Gasteiger charge is -2.10. The van der Waals surface area contributed by atoms with Crippen molar-refractivity contribution in [2.75, 3.05) is 13.2 Å². The maximum Gasteiger partial charge on any atom is 0.323 e. The molecular formula is C16H17NO4S2. The molecule has 1 aromatic carbocycles. The molecular weight excluding hydrogens is 334 g/mol. The first kappa shape index (κ1) is 17.5. The summed E-state index contributed by atoms with van der Waals surface area (Å²) in [6.45, 7) is 2.28. The number of benzene rings is 1. The largest absolute Gasteiger partial charge is 0.493 e. The number of ether oxygens (including phenoxy) is 1. The molecule has 1 aromatic rings. The predicted octanol–water partition coefficient (Wildman–Crippen LogP) is 3.15. The Labute approximate surface area is 144 Å². The number of para-hydroxylation sites is 1. The molecule has 0 unspecified atom stereocenters. The van der Waals surface area contributed by atoms with Crippen LogP contribution in [-0.4, -0.2) is 39.4 Å². The third-order valence-electron chi connectivity index (χ3n) is 3.13. The molecule has 23 heavy (non-hydrogen) atoms. The van der Waals surface area contributed by atoms with Crippen LogP contribution in [0.3, 0.4) is 0 Å². The summed E-state index contributed by atoms with van der Waals surface area (Å²) in [6.07, 6.45) is 3.69. The van der Waals surface area contributed by atoms with Crippen LogP contribution in [0.5, 0.6) is 5.75 Å². The third kappa shape index (κ3) is 4.56. The van der Waals surface area contributed by atoms with E-state index in [2.05, 4.69) is 6.92 Å². The average Bonchev–Trinajstić information content (AvgIpc) is 2.76. The van der Waals surface area contributed by atoms with E-state index in [1.54, 1.807) is 6.08 Å². The average molecular weight is 351 g/mol. The SMILES string of the molecule is CCCCOc1ccccc1C=C1SC(=S)N(CC(=O)O)C1=O. The van der Waals surface area contributed by atoms with Gasteiger partial charge in [-0.2, -0.15) is 0 Å². The lowest BCUT2D eigenvalue weighted by molar-refractivity contribution is -0.140. The predicted molar refractivity (Wildman–Crippen MR) is 94.4 cm³/mol. The van der Waals surface area contributed by atoms with Gasteiger partial charge in [-0.25, -0.2) is 0 Å². The first-order valence-corrected chi connectivity index (χ1v) is 8.44. The molecule has 1 aliphatic rings. The zero-order valence-electron chi connectivity index (χ0n) is 12.7. The van der Waals surface area contributed by atoms with Gasteiger partial charge in [-0.05, 0) is 18.6 Å². The van der Waals surface area contributed by atoms with E-state index in [4.69, 9.17) is 22.1 Å². The van der Waals surface area contributed by atoms with Crippen LogP contribution in [0.1, 0.15) is 25.3 Å². The molecule has 7 heteroatoms. The van der Waals surface area contributed by atoms with Crippen molar-refractivity contribution < 1.29 is 19.4 Å². The minimum Gasteiger partial charge on any atom is -0.493 e. The maximum absolute atomic E-state index is 12.3. The minimum atomic E-state index is -1.09. The molecule has 2 rings (SSSR count). The number of thioether (sulfide) groups is 1. The third-order valence-corrected chi connectivity index (χ3v) is 4.51. The van der Waals surface area contributed by atoms with Gasteiger partial charge in [-0.1, -0.05) is 55.5 Å². The fourth-order valence-corrected chi connectivity index (χ4v) is 3.22. The number of rotatable bonds is 7. The van der Waals surface area contributed by atoms with Gasteiger partial charge < -0.3 is 9.84 Å². The molecule has 0 atom stereocenters. The van der Waals surface area contributed by atoms with Gasteiger partial charge in [0.2, 0.25) is 0 Å². The summed E-state index contributed by atoms with van der Waals surface area (Å²) < 4.78 is 5.99. The Balaban J connectivity index is 2.20. The van der Waals surface area contributed by atoms with Crippen LogP contribution >= 0.6 is 24.0 Å². The summed E-state index contributed by atoms with van der Waals surface area (Å²) in [7, 11) is 0. The second-order valence-electron chi connectivity index (χ2n) is 4.90. The van der Waals surface area contributed by atoms with Crippen molar-refractivity contribution in [1.82, 2.24) is 4.90 Å². The number of carboxylic acid groups (broad SMARTS) is 1. The van der Waals surface area contributed by atoms with E-state index in [-0.39, 0.29) is 10.2 Å². The summed E-state index contributed by atoms with van der Waals surface area (Å²) in [4.78, 5) is 24.6. The van der Waals surface area contributed by atoms with Gasteiger partial charge in [-0.3, -0.25) is 14.5 Å². The molecule has 1 amide bonds. The fourth-order valence-electron chi connectivity index (χ4n) is 1.97. The molecule has 0 spiro atoms. The van der Waals surface area contributed by atoms with Crippen LogP contribution in [0.2, 0.25) is 0 Å². The van der Waals surface area contributed by atoms with Crippen molar-refractivity contribution in [3.63, 3.8) is 0 Å². The number of carbonyl (C=O) groups excluding carboxylic acids is 1. The van der Waals surface area contributed by atoms with Crippen molar-refractivity contribution in [3.8, 4) is 5.75 Å². The first-order valence-electron chi connectivity index (χ1n) is 7.22. The zero-order chi connectivity index (χ0) is 16.8. The standard InChI is InChI=1S/C16H17NO4S2/c1-2-3-8-21-12-7-5-4-6-11(12)9-13-15(20)17(10-14(18)19)16(22)23-13/h4-7,9H,2-3,8,10H2,1H3,(H,18,19). The summed E-state index contributed by atoms with van der Waals surface area (Å²) in [5.74, 6) is -0.777. The van der Waals surface area contributed by atoms with Crippen molar-refractivity contribution in [1.29, 1.82) is 0 Å². The quantitative estimate of drug-likeness (QED) is 0.462. The van der Waals surface area contributed by atoms with Crippen LogP contribution in [0.25, 0.3) is 6.08 Å². The van der Waals surface area contributed by atoms with Crippen LogP contribution in [0.15, 0.2) is 29.2 Å². The van der Waals surface area contributed by atoms with Gasteiger partial charge in [0.25, 0.3) is 5.91 Å². The van der Waals surface area contributed by atoms with Crippen LogP contribution in [0, 0.1) is 0 Å². The number of aliphatic carboxylic acids is 1. The molecule has 1 saturated heterocycles. The van der Waals surface area contributed by atoms with E-state index >= 15 is 0 Å². The molecule has 1 heterocycles. The smallest absolute Gasteiger partial charge is 0.323 e. The summed E-state index contributed by atoms with van der Waals surface area (Å²) >= 11 is 6.19. The number of nitrogens with zero attached hydrogens (tertiary/aromatic N) is 1. The summed E-state index contributed by atoms with van der Waals surface area (Å²) in [6, 6.07) is 7.43. The van der Waals surface area contributed by atoms with Gasteiger partial charge in [0.15, 0.2) is 0 Å². The number of hydrogen-bond acceptors (Lipinski definition) is 5. The van der Waals surface area contributed by atoms with Crippen LogP contribution in [-0.2, 0) is 9.59 Å². The van der Waals surface area contributed by atoms with Crippen LogP contribution in [0.4, 0.5) is 0 Å². The highest BCUT2D eigenvalue weighted by Crippen LogP contribution is 2.34. The van der Waals surface area contributed by atoms with Gasteiger partial charge in [-0.15, -0.1) is 0 Å². The van der Waals surface area contributed by atoms with Gasteiger partial charge in [0.05, 0.1) is 11.5 Å². The molecule has 122 valence electrons. The highest BCUT2D eigenvalue weighted by molar-refractivity contribution is 8.26. The number of amides is 1. The molecule has 1 N–H and O–H groups in total. The van der Waals surface area contributed by atoms with E-state index in [1.165, 1.54) is 0 Å². The highest BCUT2D eigenvalue weighted by Gasteiger charge is 2.33. The maximum atomic E-state index is 12.3. The van der Waals surface area contributed by atoms with E-state index in [1.807, 2.05) is 24.3 Å². The van der Waals surface area contributed by atoms with Crippen molar-refractivity contribution in [2.45, 2.75) is 19.8 Å². The number of hydrogen-bond donors (Lipinski definition) is 1. The molecule has 0 aromatic heterocycles. The zero-order valence-corrected chi connectivity index (χ0v) is 14.3. The van der Waals surface area contributed by atoms with E-state index in [0.29, 0.717) is 17.3 Å². The Bertz CT molecular complexity index is 657. The normalized spacial score (nSPS) is 16.2. The highest BCUT2D eigenvalue weighted by atomic mass is 32.2. The Morgan fingerprint density at radius 2 is 2.17 bits per heavy atom.